The first-order chi connectivity index (χ1) is 11.2. The lowest BCUT2D eigenvalue weighted by atomic mass is 9.91. The molecule has 3 rings (SSSR count). The van der Waals surface area contributed by atoms with Crippen LogP contribution in [0.3, 0.4) is 0 Å². The summed E-state index contributed by atoms with van der Waals surface area (Å²) in [7, 11) is 0. The number of hydrogen-bond donors (Lipinski definition) is 0. The van der Waals surface area contributed by atoms with Crippen molar-refractivity contribution in [2.75, 3.05) is 0 Å². The predicted molar refractivity (Wildman–Crippen MR) is 96.9 cm³/mol. The fourth-order valence-corrected chi connectivity index (χ4v) is 3.81. The van der Waals surface area contributed by atoms with Crippen LogP contribution in [0.1, 0.15) is 22.8 Å². The maximum absolute atomic E-state index is 13.3. The van der Waals surface area contributed by atoms with Gasteiger partial charge in [-0.05, 0) is 24.6 Å². The van der Waals surface area contributed by atoms with Crippen molar-refractivity contribution in [2.24, 2.45) is 0 Å². The zero-order valence-electron chi connectivity index (χ0n) is 13.0. The van der Waals surface area contributed by atoms with Crippen molar-refractivity contribution < 1.29 is 4.79 Å². The fraction of sp³-hybridized carbons (Fsp3) is 0.0952. The molecule has 0 saturated heterocycles. The van der Waals surface area contributed by atoms with E-state index in [9.17, 15) is 4.79 Å². The number of benzene rings is 3. The highest BCUT2D eigenvalue weighted by atomic mass is 32.2. The minimum atomic E-state index is -0.663. The largest absolute Gasteiger partial charge is 0.292 e. The van der Waals surface area contributed by atoms with Crippen LogP contribution in [0.25, 0.3) is 0 Å². The normalized spacial score (nSPS) is 13.3. The Labute approximate surface area is 141 Å². The van der Waals surface area contributed by atoms with Crippen LogP contribution in [0, 0.1) is 0 Å². The molecule has 0 aliphatic carbocycles. The molecular weight excluding hydrogens is 300 g/mol. The van der Waals surface area contributed by atoms with Gasteiger partial charge in [0.1, 0.15) is 4.75 Å². The van der Waals surface area contributed by atoms with E-state index < -0.39 is 4.75 Å². The Bertz CT molecular complexity index is 769. The summed E-state index contributed by atoms with van der Waals surface area (Å²) in [4.78, 5) is 14.3. The van der Waals surface area contributed by atoms with Crippen molar-refractivity contribution in [2.45, 2.75) is 16.6 Å². The quantitative estimate of drug-likeness (QED) is 0.451. The maximum atomic E-state index is 13.3. The summed E-state index contributed by atoms with van der Waals surface area (Å²) >= 11 is 1.60. The monoisotopic (exact) mass is 318 g/mol. The van der Waals surface area contributed by atoms with E-state index in [1.807, 2.05) is 97.9 Å². The molecule has 1 nitrogen and oxygen atoms in total. The third-order valence-corrected chi connectivity index (χ3v) is 5.20. The molecule has 0 bridgehead atoms. The lowest BCUT2D eigenvalue weighted by molar-refractivity contribution is 0.0950. The molecule has 0 aromatic heterocycles. The van der Waals surface area contributed by atoms with Gasteiger partial charge in [0.05, 0.1) is 0 Å². The number of rotatable bonds is 5. The van der Waals surface area contributed by atoms with Gasteiger partial charge in [-0.15, -0.1) is 11.8 Å². The average molecular weight is 318 g/mol. The van der Waals surface area contributed by atoms with E-state index in [0.717, 1.165) is 16.0 Å². The second-order valence-corrected chi connectivity index (χ2v) is 7.00. The third kappa shape index (κ3) is 3.38. The van der Waals surface area contributed by atoms with E-state index in [4.69, 9.17) is 0 Å². The summed E-state index contributed by atoms with van der Waals surface area (Å²) < 4.78 is -0.663. The van der Waals surface area contributed by atoms with Crippen molar-refractivity contribution in [1.29, 1.82) is 0 Å². The average Bonchev–Trinajstić information content (AvgIpc) is 2.63. The van der Waals surface area contributed by atoms with E-state index in [1.165, 1.54) is 0 Å². The number of carbonyl (C=O) groups excluding carboxylic acids is 1. The third-order valence-electron chi connectivity index (χ3n) is 3.86. The molecule has 0 aliphatic heterocycles. The highest BCUT2D eigenvalue weighted by molar-refractivity contribution is 8.01. The number of carbonyl (C=O) groups is 1. The number of ketones is 1. The molecular formula is C21H18OS. The Morgan fingerprint density at radius 1 is 0.739 bits per heavy atom. The standard InChI is InChI=1S/C21H18OS/c1-21(18-13-7-3-8-14-18,23-19-15-9-4-10-16-19)20(22)17-11-5-2-6-12-17/h2-16H,1H3. The number of Topliss-reactive ketones (excluding diaryl/α,β-unsaturated/α-hetero) is 1. The smallest absolute Gasteiger partial charge is 0.183 e. The Kier molecular flexibility index (Phi) is 4.63. The van der Waals surface area contributed by atoms with Crippen molar-refractivity contribution in [1.82, 2.24) is 0 Å². The molecule has 23 heavy (non-hydrogen) atoms. The summed E-state index contributed by atoms with van der Waals surface area (Å²) in [6.07, 6.45) is 0. The number of hydrogen-bond acceptors (Lipinski definition) is 2. The summed E-state index contributed by atoms with van der Waals surface area (Å²) in [5.41, 5.74) is 1.75. The summed E-state index contributed by atoms with van der Waals surface area (Å²) in [5.74, 6) is 0.123. The van der Waals surface area contributed by atoms with Crippen LogP contribution in [0.15, 0.2) is 95.9 Å². The molecule has 2 heteroatoms. The Balaban J connectivity index is 2.05. The summed E-state index contributed by atoms with van der Waals surface area (Å²) in [5, 5.41) is 0. The van der Waals surface area contributed by atoms with Crippen molar-refractivity contribution >= 4 is 17.5 Å². The van der Waals surface area contributed by atoms with Crippen LogP contribution in [-0.2, 0) is 4.75 Å². The summed E-state index contributed by atoms with van der Waals surface area (Å²) in [6.45, 7) is 2.01. The zero-order chi connectivity index (χ0) is 16.1. The van der Waals surface area contributed by atoms with Crippen molar-refractivity contribution in [3.05, 3.63) is 102 Å². The fourth-order valence-electron chi connectivity index (χ4n) is 2.58. The van der Waals surface area contributed by atoms with Gasteiger partial charge in [-0.25, -0.2) is 0 Å². The van der Waals surface area contributed by atoms with Gasteiger partial charge in [0.25, 0.3) is 0 Å². The molecule has 0 radical (unpaired) electrons. The zero-order valence-corrected chi connectivity index (χ0v) is 13.8. The lowest BCUT2D eigenvalue weighted by Crippen LogP contribution is -2.29. The van der Waals surface area contributed by atoms with Crippen LogP contribution in [0.4, 0.5) is 0 Å². The molecule has 114 valence electrons. The SMILES string of the molecule is CC(Sc1ccccc1)(C(=O)c1ccccc1)c1ccccc1. The van der Waals surface area contributed by atoms with Gasteiger partial charge in [0.2, 0.25) is 0 Å². The number of thioether (sulfide) groups is 1. The molecule has 0 spiro atoms. The van der Waals surface area contributed by atoms with E-state index in [1.54, 1.807) is 11.8 Å². The van der Waals surface area contributed by atoms with E-state index >= 15 is 0 Å². The molecule has 0 heterocycles. The lowest BCUT2D eigenvalue weighted by Gasteiger charge is -2.28. The molecule has 1 unspecified atom stereocenters. The van der Waals surface area contributed by atoms with Gasteiger partial charge in [0.15, 0.2) is 5.78 Å². The topological polar surface area (TPSA) is 17.1 Å². The molecule has 0 amide bonds. The second kappa shape index (κ2) is 6.84. The van der Waals surface area contributed by atoms with Crippen molar-refractivity contribution in [3.63, 3.8) is 0 Å². The Hall–Kier alpha value is -2.32. The highest BCUT2D eigenvalue weighted by Gasteiger charge is 2.36. The van der Waals surface area contributed by atoms with Crippen LogP contribution in [0.2, 0.25) is 0 Å². The van der Waals surface area contributed by atoms with Gasteiger partial charge < -0.3 is 0 Å². The van der Waals surface area contributed by atoms with Crippen molar-refractivity contribution in [3.8, 4) is 0 Å². The van der Waals surface area contributed by atoms with E-state index in [-0.39, 0.29) is 5.78 Å². The van der Waals surface area contributed by atoms with Gasteiger partial charge in [-0.2, -0.15) is 0 Å². The van der Waals surface area contributed by atoms with E-state index in [0.29, 0.717) is 0 Å². The van der Waals surface area contributed by atoms with Gasteiger partial charge in [-0.1, -0.05) is 78.9 Å². The van der Waals surface area contributed by atoms with Crippen LogP contribution in [-0.4, -0.2) is 5.78 Å². The van der Waals surface area contributed by atoms with Crippen LogP contribution in [0.5, 0.6) is 0 Å². The van der Waals surface area contributed by atoms with E-state index in [2.05, 4.69) is 0 Å². The molecule has 3 aromatic carbocycles. The highest BCUT2D eigenvalue weighted by Crippen LogP contribution is 2.43. The van der Waals surface area contributed by atoms with Crippen LogP contribution >= 0.6 is 11.8 Å². The molecule has 0 fully saturated rings. The minimum Gasteiger partial charge on any atom is -0.292 e. The first kappa shape index (κ1) is 15.6. The summed E-state index contributed by atoms with van der Waals surface area (Å²) in [6, 6.07) is 29.6. The predicted octanol–water partition coefficient (Wildman–Crippen LogP) is 5.58. The Morgan fingerprint density at radius 2 is 1.22 bits per heavy atom. The second-order valence-electron chi connectivity index (χ2n) is 5.51. The first-order valence-corrected chi connectivity index (χ1v) is 8.41. The molecule has 0 N–H and O–H groups in total. The van der Waals surface area contributed by atoms with Gasteiger partial charge in [0, 0.05) is 10.5 Å². The minimum absolute atomic E-state index is 0.123. The van der Waals surface area contributed by atoms with Gasteiger partial charge in [-0.3, -0.25) is 4.79 Å². The molecule has 1 atom stereocenters. The maximum Gasteiger partial charge on any atom is 0.183 e. The molecule has 0 saturated carbocycles. The first-order valence-electron chi connectivity index (χ1n) is 7.59. The molecule has 0 aliphatic rings. The molecule has 3 aromatic rings. The van der Waals surface area contributed by atoms with Crippen LogP contribution < -0.4 is 0 Å². The van der Waals surface area contributed by atoms with Gasteiger partial charge >= 0.3 is 0 Å². The Morgan fingerprint density at radius 3 is 1.78 bits per heavy atom.